The highest BCUT2D eigenvalue weighted by Gasteiger charge is 2.58. The van der Waals surface area contributed by atoms with E-state index in [9.17, 15) is 10.1 Å². The van der Waals surface area contributed by atoms with Gasteiger partial charge in [0, 0.05) is 32.6 Å². The predicted molar refractivity (Wildman–Crippen MR) is 133 cm³/mol. The second-order valence-electron chi connectivity index (χ2n) is 8.51. The molecule has 1 atom stereocenters. The Hall–Kier alpha value is -4.67. The first-order chi connectivity index (χ1) is 17.0. The van der Waals surface area contributed by atoms with E-state index >= 15 is 0 Å². The number of nitrogens with two attached hydrogens (primary N) is 1. The van der Waals surface area contributed by atoms with E-state index in [4.69, 9.17) is 32.0 Å². The molecule has 8 heteroatoms. The highest BCUT2D eigenvalue weighted by Crippen LogP contribution is 2.57. The normalized spacial score (nSPS) is 18.5. The minimum Gasteiger partial charge on any atom is -0.439 e. The molecule has 1 aromatic heterocycles. The number of carbonyl (C=O) groups excluding carboxylic acids is 1. The van der Waals surface area contributed by atoms with Crippen molar-refractivity contribution >= 4 is 56.0 Å². The zero-order valence-electron chi connectivity index (χ0n) is 18.0. The molecule has 0 radical (unpaired) electrons. The third kappa shape index (κ3) is 2.36. The second kappa shape index (κ2) is 6.69. The lowest BCUT2D eigenvalue weighted by Crippen LogP contribution is -2.42. The number of para-hydroxylation sites is 2. The van der Waals surface area contributed by atoms with Crippen LogP contribution in [0.1, 0.15) is 11.1 Å². The Kier molecular flexibility index (Phi) is 3.78. The van der Waals surface area contributed by atoms with Gasteiger partial charge in [-0.15, -0.1) is 0 Å². The summed E-state index contributed by atoms with van der Waals surface area (Å²) in [6.45, 7) is 0. The molecular weight excluding hydrogens is 462 g/mol. The minimum absolute atomic E-state index is 0.0185. The Morgan fingerprint density at radius 2 is 1.66 bits per heavy atom. The van der Waals surface area contributed by atoms with Crippen molar-refractivity contribution < 1.29 is 9.53 Å². The molecule has 0 aliphatic carbocycles. The number of nitriles is 1. The minimum atomic E-state index is -1.61. The third-order valence-electron chi connectivity index (χ3n) is 6.76. The van der Waals surface area contributed by atoms with Crippen LogP contribution in [0.25, 0.3) is 32.8 Å². The van der Waals surface area contributed by atoms with Crippen molar-refractivity contribution in [1.29, 1.82) is 5.26 Å². The van der Waals surface area contributed by atoms with Gasteiger partial charge in [0.15, 0.2) is 0 Å². The van der Waals surface area contributed by atoms with Gasteiger partial charge in [-0.2, -0.15) is 5.26 Å². The van der Waals surface area contributed by atoms with Crippen molar-refractivity contribution in [2.24, 2.45) is 5.73 Å². The lowest BCUT2D eigenvalue weighted by Gasteiger charge is -2.35. The molecule has 0 bridgehead atoms. The smallest absolute Gasteiger partial charge is 0.245 e. The summed E-state index contributed by atoms with van der Waals surface area (Å²) in [7, 11) is 0. The summed E-state index contributed by atoms with van der Waals surface area (Å²) in [5, 5.41) is 15.1. The van der Waals surface area contributed by atoms with Crippen molar-refractivity contribution in [2.45, 2.75) is 5.41 Å². The summed E-state index contributed by atoms with van der Waals surface area (Å²) in [5.74, 6) is -0.191. The maximum Gasteiger partial charge on any atom is 0.245 e. The number of halogens is 1. The van der Waals surface area contributed by atoms with Crippen LogP contribution in [0.2, 0.25) is 5.02 Å². The summed E-state index contributed by atoms with van der Waals surface area (Å²) >= 11 is 6.39. The van der Waals surface area contributed by atoms with Crippen LogP contribution in [0.3, 0.4) is 0 Å². The van der Waals surface area contributed by atoms with E-state index in [1.165, 1.54) is 0 Å². The number of nitrogens with one attached hydrogen (secondary N) is 1. The van der Waals surface area contributed by atoms with Crippen LogP contribution in [0.5, 0.6) is 5.75 Å². The average Bonchev–Trinajstić information content (AvgIpc) is 3.14. The van der Waals surface area contributed by atoms with E-state index in [-0.39, 0.29) is 11.5 Å². The van der Waals surface area contributed by atoms with E-state index in [0.717, 1.165) is 5.39 Å². The van der Waals surface area contributed by atoms with Crippen molar-refractivity contribution in [3.63, 3.8) is 0 Å². The van der Waals surface area contributed by atoms with Gasteiger partial charge in [-0.3, -0.25) is 4.79 Å². The molecule has 166 valence electrons. The van der Waals surface area contributed by atoms with Crippen LogP contribution >= 0.6 is 11.6 Å². The van der Waals surface area contributed by atoms with Gasteiger partial charge in [0.05, 0.1) is 22.1 Å². The van der Waals surface area contributed by atoms with Gasteiger partial charge < -0.3 is 15.8 Å². The molecule has 0 saturated carbocycles. The third-order valence-corrected chi connectivity index (χ3v) is 6.99. The lowest BCUT2D eigenvalue weighted by molar-refractivity contribution is -0.118. The molecular formula is C27H14ClN5O2. The predicted octanol–water partition coefficient (Wildman–Crippen LogP) is 4.91. The van der Waals surface area contributed by atoms with E-state index in [1.807, 2.05) is 48.5 Å². The van der Waals surface area contributed by atoms with Gasteiger partial charge in [-0.25, -0.2) is 9.97 Å². The van der Waals surface area contributed by atoms with Gasteiger partial charge >= 0.3 is 0 Å². The number of benzene rings is 4. The molecule has 7 rings (SSSR count). The van der Waals surface area contributed by atoms with Gasteiger partial charge in [-0.05, 0) is 30.3 Å². The van der Waals surface area contributed by atoms with Crippen LogP contribution in [0.15, 0.2) is 78.2 Å². The Morgan fingerprint density at radius 3 is 2.40 bits per heavy atom. The van der Waals surface area contributed by atoms with Crippen LogP contribution in [-0.2, 0) is 10.2 Å². The average molecular weight is 476 g/mol. The number of nitrogens with zero attached hydrogens (tertiary/aromatic N) is 3. The fourth-order valence-electron chi connectivity index (χ4n) is 5.33. The molecule has 4 aromatic carbocycles. The van der Waals surface area contributed by atoms with E-state index in [2.05, 4.69) is 11.4 Å². The van der Waals surface area contributed by atoms with Gasteiger partial charge in [0.1, 0.15) is 22.8 Å². The molecule has 0 saturated heterocycles. The fraction of sp³-hybridized carbons (Fsp3) is 0.0370. The number of amides is 1. The van der Waals surface area contributed by atoms with Crippen LogP contribution in [0, 0.1) is 11.3 Å². The van der Waals surface area contributed by atoms with Crippen LogP contribution in [0.4, 0.5) is 5.69 Å². The first-order valence-corrected chi connectivity index (χ1v) is 11.2. The molecule has 5 aromatic rings. The van der Waals surface area contributed by atoms with Crippen LogP contribution in [-0.4, -0.2) is 15.9 Å². The summed E-state index contributed by atoms with van der Waals surface area (Å²) < 4.78 is 6.10. The van der Waals surface area contributed by atoms with E-state index in [1.54, 1.807) is 18.2 Å². The molecule has 1 spiro atoms. The van der Waals surface area contributed by atoms with Gasteiger partial charge in [-0.1, -0.05) is 48.0 Å². The number of anilines is 1. The topological polar surface area (TPSA) is 114 Å². The first-order valence-electron chi connectivity index (χ1n) is 10.9. The number of carbonyl (C=O) groups is 1. The highest BCUT2D eigenvalue weighted by atomic mass is 35.5. The molecule has 2 aliphatic heterocycles. The molecule has 35 heavy (non-hydrogen) atoms. The molecule has 1 amide bonds. The number of fused-ring (bicyclic) bond motifs is 10. The summed E-state index contributed by atoms with van der Waals surface area (Å²) in [6.07, 6.45) is 0. The number of hydrogen-bond acceptors (Lipinski definition) is 6. The van der Waals surface area contributed by atoms with Gasteiger partial charge in [0.2, 0.25) is 11.8 Å². The Morgan fingerprint density at radius 1 is 0.971 bits per heavy atom. The lowest BCUT2D eigenvalue weighted by atomic mass is 9.68. The maximum absolute atomic E-state index is 13.9. The number of rotatable bonds is 0. The SMILES string of the molecule is N#CC1=C(N)Oc2c(c3nc4ccccc4nc3c3ccccc23)C12C(=O)Nc1ccc(Cl)cc12. The second-order valence-corrected chi connectivity index (χ2v) is 8.94. The molecule has 3 N–H and O–H groups in total. The van der Waals surface area contributed by atoms with Crippen molar-refractivity contribution in [3.05, 3.63) is 94.3 Å². The standard InChI is InChI=1S/C27H14ClN5O2/c28-13-9-10-18-16(11-13)27(26(34)33-18)17(12-29)25(30)35-24-15-6-2-1-5-14(15)22-23(21(24)27)32-20-8-4-3-7-19(20)31-22/h1-11H,30H2,(H,33,34). The van der Waals surface area contributed by atoms with Crippen molar-refractivity contribution in [3.8, 4) is 11.8 Å². The summed E-state index contributed by atoms with van der Waals surface area (Å²) in [6, 6.07) is 22.3. The molecule has 7 nitrogen and oxygen atoms in total. The maximum atomic E-state index is 13.9. The Labute approximate surface area is 203 Å². The summed E-state index contributed by atoms with van der Waals surface area (Å²) in [4.78, 5) is 23.8. The quantitative estimate of drug-likeness (QED) is 0.243. The zero-order valence-corrected chi connectivity index (χ0v) is 18.7. The monoisotopic (exact) mass is 475 g/mol. The van der Waals surface area contributed by atoms with E-state index < -0.39 is 11.3 Å². The summed E-state index contributed by atoms with van der Waals surface area (Å²) in [5.41, 5.74) is 8.62. The Balaban J connectivity index is 1.78. The fourth-order valence-corrected chi connectivity index (χ4v) is 5.50. The van der Waals surface area contributed by atoms with Crippen LogP contribution < -0.4 is 15.8 Å². The number of aromatic nitrogens is 2. The molecule has 0 fully saturated rings. The van der Waals surface area contributed by atoms with Gasteiger partial charge in [0.25, 0.3) is 0 Å². The largest absolute Gasteiger partial charge is 0.439 e. The van der Waals surface area contributed by atoms with Crippen molar-refractivity contribution in [2.75, 3.05) is 5.32 Å². The molecule has 1 unspecified atom stereocenters. The van der Waals surface area contributed by atoms with E-state index in [0.29, 0.717) is 55.0 Å². The Bertz CT molecular complexity index is 1870. The zero-order chi connectivity index (χ0) is 23.9. The number of hydrogen-bond donors (Lipinski definition) is 2. The first kappa shape index (κ1) is 19.8. The van der Waals surface area contributed by atoms with Crippen molar-refractivity contribution in [1.82, 2.24) is 9.97 Å². The number of ether oxygens (including phenoxy) is 1. The highest BCUT2D eigenvalue weighted by molar-refractivity contribution is 6.31. The molecule has 3 heterocycles. The molecule has 2 aliphatic rings.